The number of hydrogen-bond acceptors (Lipinski definition) is 1. The molecule has 1 aromatic carbocycles. The molecule has 0 aliphatic carbocycles. The predicted octanol–water partition coefficient (Wildman–Crippen LogP) is 2.47. The lowest BCUT2D eigenvalue weighted by Crippen LogP contribution is -2.61. The fourth-order valence-corrected chi connectivity index (χ4v) is 4.76. The Morgan fingerprint density at radius 2 is 2.11 bits per heavy atom. The molecule has 2 saturated heterocycles. The van der Waals surface area contributed by atoms with Crippen molar-refractivity contribution in [2.45, 2.75) is 25.3 Å². The van der Waals surface area contributed by atoms with Gasteiger partial charge in [0.15, 0.2) is 0 Å². The zero-order valence-electron chi connectivity index (χ0n) is 11.2. The number of fused-ring (bicyclic) bond motifs is 4. The van der Waals surface area contributed by atoms with E-state index in [1.165, 1.54) is 61.0 Å². The first-order valence-corrected chi connectivity index (χ1v) is 7.56. The van der Waals surface area contributed by atoms with E-state index in [4.69, 9.17) is 0 Å². The van der Waals surface area contributed by atoms with Crippen molar-refractivity contribution in [2.75, 3.05) is 26.3 Å². The van der Waals surface area contributed by atoms with E-state index < -0.39 is 0 Å². The molecule has 3 atom stereocenters. The van der Waals surface area contributed by atoms with Gasteiger partial charge in [-0.15, -0.1) is 0 Å². The number of aryl methyl sites for hydroxylation is 1. The Hall–Kier alpha value is -1.32. The molecule has 0 radical (unpaired) electrons. The maximum atomic E-state index is 3.78. The molecule has 3 unspecified atom stereocenters. The quantitative estimate of drug-likeness (QED) is 0.716. The maximum Gasteiger partial charge on any atom is 0.211 e. The molecule has 3 aliphatic rings. The minimum atomic E-state index is 0.860. The third kappa shape index (κ3) is 1.20. The summed E-state index contributed by atoms with van der Waals surface area (Å²) in [5.74, 6) is 1.54. The van der Waals surface area contributed by atoms with Crippen LogP contribution in [-0.4, -0.2) is 42.2 Å². The molecule has 3 nitrogen and oxygen atoms in total. The van der Waals surface area contributed by atoms with Crippen LogP contribution in [0.25, 0.3) is 10.9 Å². The number of quaternary nitrogens is 1. The van der Waals surface area contributed by atoms with Gasteiger partial charge in [0.1, 0.15) is 6.67 Å². The molecule has 1 aromatic heterocycles. The summed E-state index contributed by atoms with van der Waals surface area (Å²) in [7, 11) is 0. The standard InChI is InChI=1S/C16H20N3/c1-2-4-15-13(3-1)14-6-5-12-7-8-18-9-10-19(12,11-18)16(14)17-15/h1-4,12,17H,5-11H2/q+1. The van der Waals surface area contributed by atoms with Gasteiger partial charge in [-0.1, -0.05) is 18.2 Å². The van der Waals surface area contributed by atoms with Crippen molar-refractivity contribution >= 4 is 16.7 Å². The lowest BCUT2D eigenvalue weighted by atomic mass is 9.92. The van der Waals surface area contributed by atoms with E-state index >= 15 is 0 Å². The van der Waals surface area contributed by atoms with Crippen molar-refractivity contribution < 1.29 is 0 Å². The van der Waals surface area contributed by atoms with Gasteiger partial charge in [-0.2, -0.15) is 0 Å². The first kappa shape index (κ1) is 10.5. The Morgan fingerprint density at radius 1 is 1.16 bits per heavy atom. The van der Waals surface area contributed by atoms with Gasteiger partial charge in [-0.3, -0.25) is 9.38 Å². The fraction of sp³-hybridized carbons (Fsp3) is 0.500. The predicted molar refractivity (Wildman–Crippen MR) is 78.1 cm³/mol. The summed E-state index contributed by atoms with van der Waals surface area (Å²) in [6, 6.07) is 9.71. The van der Waals surface area contributed by atoms with Crippen molar-refractivity contribution in [1.82, 2.24) is 14.4 Å². The summed E-state index contributed by atoms with van der Waals surface area (Å²) >= 11 is 0. The molecule has 0 saturated carbocycles. The van der Waals surface area contributed by atoms with Crippen LogP contribution in [0.1, 0.15) is 18.4 Å². The van der Waals surface area contributed by atoms with E-state index in [0.717, 1.165) is 6.04 Å². The number of H-pyrrole nitrogens is 1. The minimum absolute atomic E-state index is 0.860. The van der Waals surface area contributed by atoms with Gasteiger partial charge >= 0.3 is 0 Å². The second-order valence-electron chi connectivity index (χ2n) is 6.50. The van der Waals surface area contributed by atoms with Crippen molar-refractivity contribution in [3.05, 3.63) is 29.8 Å². The Bertz CT molecular complexity index is 659. The summed E-state index contributed by atoms with van der Waals surface area (Å²) in [6.07, 6.45) is 4.03. The molecule has 0 amide bonds. The molecule has 2 bridgehead atoms. The first-order chi connectivity index (χ1) is 9.37. The van der Waals surface area contributed by atoms with Crippen molar-refractivity contribution in [3.63, 3.8) is 0 Å². The van der Waals surface area contributed by atoms with Gasteiger partial charge in [-0.05, 0) is 12.5 Å². The normalized spacial score (nSPS) is 36.2. The minimum Gasteiger partial charge on any atom is -0.310 e. The smallest absolute Gasteiger partial charge is 0.211 e. The van der Waals surface area contributed by atoms with E-state index in [1.807, 2.05) is 0 Å². The van der Waals surface area contributed by atoms with Crippen LogP contribution >= 0.6 is 0 Å². The largest absolute Gasteiger partial charge is 0.310 e. The molecule has 3 aliphatic heterocycles. The summed E-state index contributed by atoms with van der Waals surface area (Å²) < 4.78 is 1.23. The average molecular weight is 254 g/mol. The molecule has 98 valence electrons. The number of rotatable bonds is 0. The summed E-state index contributed by atoms with van der Waals surface area (Å²) in [5, 5.41) is 1.47. The van der Waals surface area contributed by atoms with Crippen molar-refractivity contribution in [3.8, 4) is 0 Å². The molecule has 1 N–H and O–H groups in total. The number of para-hydroxylation sites is 1. The van der Waals surface area contributed by atoms with Gasteiger partial charge in [-0.25, -0.2) is 0 Å². The van der Waals surface area contributed by atoms with Crippen LogP contribution in [0.2, 0.25) is 0 Å². The van der Waals surface area contributed by atoms with Crippen LogP contribution in [-0.2, 0) is 6.42 Å². The topological polar surface area (TPSA) is 19.0 Å². The molecular weight excluding hydrogens is 234 g/mol. The summed E-state index contributed by atoms with van der Waals surface area (Å²) in [4.78, 5) is 6.43. The highest BCUT2D eigenvalue weighted by molar-refractivity contribution is 5.89. The van der Waals surface area contributed by atoms with E-state index in [-0.39, 0.29) is 0 Å². The molecule has 19 heavy (non-hydrogen) atoms. The fourth-order valence-electron chi connectivity index (χ4n) is 4.76. The Kier molecular flexibility index (Phi) is 1.88. The zero-order chi connectivity index (χ0) is 12.4. The third-order valence-corrected chi connectivity index (χ3v) is 5.71. The molecular formula is C16H20N3+. The van der Waals surface area contributed by atoms with E-state index in [0.29, 0.717) is 0 Å². The second kappa shape index (κ2) is 3.41. The first-order valence-electron chi connectivity index (χ1n) is 7.56. The van der Waals surface area contributed by atoms with Crippen LogP contribution in [0.3, 0.4) is 0 Å². The monoisotopic (exact) mass is 254 g/mol. The third-order valence-electron chi connectivity index (χ3n) is 5.71. The Morgan fingerprint density at radius 3 is 3.11 bits per heavy atom. The van der Waals surface area contributed by atoms with Gasteiger partial charge in [0.05, 0.1) is 24.6 Å². The zero-order valence-corrected chi connectivity index (χ0v) is 11.2. The highest BCUT2D eigenvalue weighted by atomic mass is 15.6. The maximum absolute atomic E-state index is 3.78. The number of hydrogen-bond donors (Lipinski definition) is 1. The molecule has 1 spiro atoms. The number of nitrogens with zero attached hydrogens (tertiary/aromatic N) is 2. The van der Waals surface area contributed by atoms with Gasteiger partial charge in [0.2, 0.25) is 5.82 Å². The van der Waals surface area contributed by atoms with E-state index in [2.05, 4.69) is 34.1 Å². The highest BCUT2D eigenvalue weighted by Gasteiger charge is 2.52. The molecule has 4 heterocycles. The van der Waals surface area contributed by atoms with Crippen LogP contribution in [0.5, 0.6) is 0 Å². The number of aromatic amines is 1. The van der Waals surface area contributed by atoms with Gasteiger partial charge in [0.25, 0.3) is 0 Å². The second-order valence-corrected chi connectivity index (χ2v) is 6.50. The van der Waals surface area contributed by atoms with Crippen molar-refractivity contribution in [2.24, 2.45) is 0 Å². The Balaban J connectivity index is 1.79. The average Bonchev–Trinajstić information content (AvgIpc) is 2.99. The molecule has 3 heteroatoms. The Labute approximate surface area is 113 Å². The van der Waals surface area contributed by atoms with E-state index in [1.54, 1.807) is 11.4 Å². The molecule has 2 aromatic rings. The summed E-state index contributed by atoms with van der Waals surface area (Å²) in [5.41, 5.74) is 2.94. The van der Waals surface area contributed by atoms with Crippen molar-refractivity contribution in [1.29, 1.82) is 0 Å². The SMILES string of the molecule is c1ccc2c3c([nH]c2c1)[N+]12CCN(CCC1CC3)C2. The van der Waals surface area contributed by atoms with Crippen LogP contribution < -0.4 is 4.48 Å². The number of aromatic nitrogens is 1. The lowest BCUT2D eigenvalue weighted by Gasteiger charge is -2.46. The molecule has 5 rings (SSSR count). The van der Waals surface area contributed by atoms with Crippen LogP contribution in [0, 0.1) is 0 Å². The van der Waals surface area contributed by atoms with E-state index in [9.17, 15) is 0 Å². The van der Waals surface area contributed by atoms with Crippen LogP contribution in [0.4, 0.5) is 5.82 Å². The summed E-state index contributed by atoms with van der Waals surface area (Å²) in [6.45, 7) is 5.15. The highest BCUT2D eigenvalue weighted by Crippen LogP contribution is 2.45. The lowest BCUT2D eigenvalue weighted by molar-refractivity contribution is 0.114. The number of nitrogens with one attached hydrogen (secondary N) is 1. The van der Waals surface area contributed by atoms with Gasteiger partial charge < -0.3 is 4.98 Å². The number of benzene rings is 1. The van der Waals surface area contributed by atoms with Gasteiger partial charge in [0, 0.05) is 30.3 Å². The molecule has 2 fully saturated rings. The van der Waals surface area contributed by atoms with Crippen LogP contribution in [0.15, 0.2) is 24.3 Å².